The molecule has 1 amide bonds. The quantitative estimate of drug-likeness (QED) is 0.189. The van der Waals surface area contributed by atoms with Crippen molar-refractivity contribution < 1.29 is 9.21 Å². The van der Waals surface area contributed by atoms with E-state index in [2.05, 4.69) is 10.5 Å². The third kappa shape index (κ3) is 3.76. The van der Waals surface area contributed by atoms with Crippen LogP contribution in [0.25, 0.3) is 21.7 Å². The summed E-state index contributed by atoms with van der Waals surface area (Å²) < 4.78 is 5.43. The monoisotopic (exact) mass is 374 g/mol. The fourth-order valence-corrected chi connectivity index (χ4v) is 2.78. The third-order valence-electron chi connectivity index (χ3n) is 4.11. The molecule has 0 bridgehead atoms. The van der Waals surface area contributed by atoms with Crippen molar-refractivity contribution in [2.75, 3.05) is 14.1 Å². The smallest absolute Gasteiger partial charge is 0.345 e. The molecule has 1 aromatic heterocycles. The Morgan fingerprint density at radius 2 is 1.96 bits per heavy atom. The number of hydrogen-bond acceptors (Lipinski definition) is 6. The van der Waals surface area contributed by atoms with E-state index in [0.717, 1.165) is 16.2 Å². The van der Waals surface area contributed by atoms with Crippen molar-refractivity contribution in [2.24, 2.45) is 5.10 Å². The summed E-state index contributed by atoms with van der Waals surface area (Å²) in [5.74, 6) is -0.661. The van der Waals surface area contributed by atoms with Crippen LogP contribution in [0.1, 0.15) is 12.5 Å². The second kappa shape index (κ2) is 7.76. The average Bonchev–Trinajstić information content (AvgIpc) is 2.69. The number of benzene rings is 2. The highest BCUT2D eigenvalue weighted by Gasteiger charge is 2.12. The summed E-state index contributed by atoms with van der Waals surface area (Å²) in [7, 11) is 3.40. The van der Waals surface area contributed by atoms with Gasteiger partial charge < -0.3 is 9.32 Å². The number of carbonyl (C=O) groups is 1. The number of nitrogens with zero attached hydrogens (tertiary/aromatic N) is 3. The minimum atomic E-state index is -0.661. The van der Waals surface area contributed by atoms with Crippen LogP contribution >= 0.6 is 0 Å². The van der Waals surface area contributed by atoms with E-state index in [-0.39, 0.29) is 16.8 Å². The fourth-order valence-electron chi connectivity index (χ4n) is 2.78. The maximum absolute atomic E-state index is 12.4. The summed E-state index contributed by atoms with van der Waals surface area (Å²) in [5.41, 5.74) is 2.64. The van der Waals surface area contributed by atoms with Gasteiger partial charge in [0.1, 0.15) is 17.2 Å². The lowest BCUT2D eigenvalue weighted by molar-refractivity contribution is -0.117. The molecule has 0 aliphatic rings. The van der Waals surface area contributed by atoms with Crippen LogP contribution in [-0.4, -0.2) is 30.6 Å². The van der Waals surface area contributed by atoms with Crippen molar-refractivity contribution in [2.45, 2.75) is 6.92 Å². The number of rotatable bonds is 4. The lowest BCUT2D eigenvalue weighted by Gasteiger charge is -2.07. The Morgan fingerprint density at radius 3 is 2.68 bits per heavy atom. The molecule has 7 nitrogen and oxygen atoms in total. The van der Waals surface area contributed by atoms with Gasteiger partial charge in [-0.05, 0) is 29.8 Å². The predicted molar refractivity (Wildman–Crippen MR) is 108 cm³/mol. The number of hydrogen-bond donors (Lipinski definition) is 1. The molecule has 0 aliphatic heterocycles. The summed E-state index contributed by atoms with van der Waals surface area (Å²) in [6, 6.07) is 14.9. The van der Waals surface area contributed by atoms with Crippen LogP contribution in [0.3, 0.4) is 0 Å². The first-order valence-corrected chi connectivity index (χ1v) is 8.49. The number of nitriles is 1. The molecule has 0 saturated carbocycles. The summed E-state index contributed by atoms with van der Waals surface area (Å²) >= 11 is 0. The van der Waals surface area contributed by atoms with Gasteiger partial charge in [0.05, 0.1) is 11.3 Å². The van der Waals surface area contributed by atoms with Gasteiger partial charge in [-0.2, -0.15) is 10.4 Å². The topological polar surface area (TPSA) is 98.7 Å². The number of nitrogens with one attached hydrogen (secondary N) is 1. The van der Waals surface area contributed by atoms with E-state index in [4.69, 9.17) is 9.68 Å². The van der Waals surface area contributed by atoms with Crippen molar-refractivity contribution in [1.29, 1.82) is 5.26 Å². The van der Waals surface area contributed by atoms with Gasteiger partial charge in [-0.15, -0.1) is 0 Å². The standard InChI is InChI=1S/C21H18N4O3/c1-13(23-24-20(26)15(11-22)12-25(2)3)17-10-18-16-7-5-4-6-14(16)8-9-19(18)28-21(17)27/h4-10,12H,1-3H3,(H,24,26)/b15-12+,23-13+. The largest absolute Gasteiger partial charge is 0.422 e. The summed E-state index contributed by atoms with van der Waals surface area (Å²) in [6.45, 7) is 1.59. The first-order chi connectivity index (χ1) is 13.4. The molecule has 0 fully saturated rings. The van der Waals surface area contributed by atoms with Crippen molar-refractivity contribution in [3.8, 4) is 6.07 Å². The molecule has 140 valence electrons. The second-order valence-electron chi connectivity index (χ2n) is 6.40. The van der Waals surface area contributed by atoms with Gasteiger partial charge in [0.15, 0.2) is 0 Å². The number of hydrazone groups is 1. The van der Waals surface area contributed by atoms with Crippen LogP contribution in [-0.2, 0) is 4.79 Å². The molecule has 0 atom stereocenters. The van der Waals surface area contributed by atoms with Gasteiger partial charge in [0.25, 0.3) is 5.91 Å². The van der Waals surface area contributed by atoms with E-state index in [1.807, 2.05) is 36.4 Å². The zero-order chi connectivity index (χ0) is 20.3. The fraction of sp³-hybridized carbons (Fsp3) is 0.143. The molecule has 3 rings (SSSR count). The highest BCUT2D eigenvalue weighted by molar-refractivity contribution is 6.09. The van der Waals surface area contributed by atoms with Gasteiger partial charge in [-0.25, -0.2) is 10.2 Å². The molecule has 0 spiro atoms. The van der Waals surface area contributed by atoms with Crippen LogP contribution in [0.4, 0.5) is 0 Å². The maximum Gasteiger partial charge on any atom is 0.345 e. The molecule has 0 saturated heterocycles. The number of amides is 1. The molecular formula is C21H18N4O3. The summed E-state index contributed by atoms with van der Waals surface area (Å²) in [4.78, 5) is 26.0. The van der Waals surface area contributed by atoms with Crippen molar-refractivity contribution in [3.05, 3.63) is 70.2 Å². The Kier molecular flexibility index (Phi) is 5.23. The van der Waals surface area contributed by atoms with Gasteiger partial charge >= 0.3 is 5.63 Å². The molecule has 2 aromatic carbocycles. The summed E-state index contributed by atoms with van der Waals surface area (Å²) in [5, 5.41) is 15.8. The Balaban J connectivity index is 2.00. The van der Waals surface area contributed by atoms with Gasteiger partial charge in [0.2, 0.25) is 0 Å². The maximum atomic E-state index is 12.4. The first kappa shape index (κ1) is 18.9. The Morgan fingerprint density at radius 1 is 1.21 bits per heavy atom. The van der Waals surface area contributed by atoms with E-state index in [1.54, 1.807) is 38.1 Å². The van der Waals surface area contributed by atoms with Crippen molar-refractivity contribution in [3.63, 3.8) is 0 Å². The second-order valence-corrected chi connectivity index (χ2v) is 6.40. The van der Waals surface area contributed by atoms with E-state index in [1.165, 1.54) is 6.20 Å². The molecular weight excluding hydrogens is 356 g/mol. The molecule has 1 N–H and O–H groups in total. The van der Waals surface area contributed by atoms with E-state index >= 15 is 0 Å². The molecule has 1 heterocycles. The highest BCUT2D eigenvalue weighted by atomic mass is 16.4. The van der Waals surface area contributed by atoms with Crippen LogP contribution in [0.2, 0.25) is 0 Å². The Hall–Kier alpha value is -3.92. The van der Waals surface area contributed by atoms with E-state index < -0.39 is 11.5 Å². The Labute approximate surface area is 161 Å². The summed E-state index contributed by atoms with van der Waals surface area (Å²) in [6.07, 6.45) is 1.39. The third-order valence-corrected chi connectivity index (χ3v) is 4.11. The zero-order valence-corrected chi connectivity index (χ0v) is 15.7. The first-order valence-electron chi connectivity index (χ1n) is 8.49. The molecule has 0 unspecified atom stereocenters. The van der Waals surface area contributed by atoms with Crippen LogP contribution in [0.5, 0.6) is 0 Å². The minimum absolute atomic E-state index is 0.0990. The van der Waals surface area contributed by atoms with E-state index in [0.29, 0.717) is 5.58 Å². The lowest BCUT2D eigenvalue weighted by atomic mass is 10.0. The number of carbonyl (C=O) groups excluding carboxylic acids is 1. The van der Waals surface area contributed by atoms with Gasteiger partial charge in [0, 0.05) is 25.7 Å². The van der Waals surface area contributed by atoms with E-state index in [9.17, 15) is 9.59 Å². The van der Waals surface area contributed by atoms with Crippen LogP contribution in [0, 0.1) is 11.3 Å². The van der Waals surface area contributed by atoms with Gasteiger partial charge in [-0.1, -0.05) is 30.3 Å². The zero-order valence-electron chi connectivity index (χ0n) is 15.7. The molecule has 0 radical (unpaired) electrons. The molecule has 28 heavy (non-hydrogen) atoms. The normalized spacial score (nSPS) is 12.1. The minimum Gasteiger partial charge on any atom is -0.422 e. The Bertz CT molecular complexity index is 1230. The lowest BCUT2D eigenvalue weighted by Crippen LogP contribution is -2.23. The van der Waals surface area contributed by atoms with Crippen LogP contribution in [0.15, 0.2) is 68.6 Å². The molecule has 7 heteroatoms. The van der Waals surface area contributed by atoms with Crippen molar-refractivity contribution >= 4 is 33.4 Å². The average molecular weight is 374 g/mol. The SMILES string of the molecule is C/C(=N\NC(=O)/C(C#N)=C/N(C)C)c1cc2c(ccc3ccccc32)oc1=O. The highest BCUT2D eigenvalue weighted by Crippen LogP contribution is 2.25. The molecule has 0 aliphatic carbocycles. The molecule has 3 aromatic rings. The number of fused-ring (bicyclic) bond motifs is 3. The van der Waals surface area contributed by atoms with Crippen molar-refractivity contribution in [1.82, 2.24) is 10.3 Å². The van der Waals surface area contributed by atoms with Gasteiger partial charge in [-0.3, -0.25) is 4.79 Å². The van der Waals surface area contributed by atoms with Crippen LogP contribution < -0.4 is 11.1 Å². The predicted octanol–water partition coefficient (Wildman–Crippen LogP) is 2.76.